The van der Waals surface area contributed by atoms with Crippen molar-refractivity contribution in [2.24, 2.45) is 0 Å². The summed E-state index contributed by atoms with van der Waals surface area (Å²) in [5.41, 5.74) is 3.35. The van der Waals surface area contributed by atoms with Gasteiger partial charge in [-0.15, -0.1) is 0 Å². The third kappa shape index (κ3) is 2.54. The number of benzene rings is 2. The van der Waals surface area contributed by atoms with E-state index in [9.17, 15) is 14.7 Å². The van der Waals surface area contributed by atoms with Crippen molar-refractivity contribution >= 4 is 22.3 Å². The molecule has 1 saturated heterocycles. The van der Waals surface area contributed by atoms with Crippen LogP contribution in [0.25, 0.3) is 22.1 Å². The van der Waals surface area contributed by atoms with Crippen LogP contribution in [0.15, 0.2) is 41.0 Å². The van der Waals surface area contributed by atoms with Crippen molar-refractivity contribution < 1.29 is 19.1 Å². The van der Waals surface area contributed by atoms with E-state index in [4.69, 9.17) is 4.42 Å². The lowest BCUT2D eigenvalue weighted by atomic mass is 9.83. The van der Waals surface area contributed by atoms with E-state index in [2.05, 4.69) is 4.90 Å². The highest BCUT2D eigenvalue weighted by Crippen LogP contribution is 2.40. The van der Waals surface area contributed by atoms with E-state index in [-0.39, 0.29) is 6.10 Å². The number of furan rings is 1. The van der Waals surface area contributed by atoms with Gasteiger partial charge in [-0.2, -0.15) is 0 Å². The Kier molecular flexibility index (Phi) is 3.96. The van der Waals surface area contributed by atoms with Crippen LogP contribution in [-0.4, -0.2) is 40.8 Å². The van der Waals surface area contributed by atoms with Gasteiger partial charge in [0, 0.05) is 36.3 Å². The van der Waals surface area contributed by atoms with Crippen LogP contribution in [0, 0.1) is 6.92 Å². The van der Waals surface area contributed by atoms with E-state index in [0.717, 1.165) is 47.8 Å². The van der Waals surface area contributed by atoms with Crippen molar-refractivity contribution in [3.8, 4) is 11.3 Å². The Labute approximate surface area is 162 Å². The lowest BCUT2D eigenvalue weighted by Gasteiger charge is -2.29. The second-order valence-corrected chi connectivity index (χ2v) is 7.79. The number of aliphatic hydroxyl groups excluding tert-OH is 1. The second-order valence-electron chi connectivity index (χ2n) is 7.79. The number of carbonyl (C=O) groups excluding carboxylic acids is 2. The molecule has 3 aromatic rings. The molecule has 5 heteroatoms. The van der Waals surface area contributed by atoms with E-state index in [1.807, 2.05) is 37.3 Å². The zero-order valence-corrected chi connectivity index (χ0v) is 15.7. The molecule has 1 N–H and O–H groups in total. The summed E-state index contributed by atoms with van der Waals surface area (Å²) < 4.78 is 5.83. The molecule has 0 radical (unpaired) electrons. The number of ketones is 2. The molecule has 28 heavy (non-hydrogen) atoms. The molecule has 0 atom stereocenters. The van der Waals surface area contributed by atoms with Gasteiger partial charge in [0.25, 0.3) is 0 Å². The number of fused-ring (bicyclic) bond motifs is 5. The Balaban J connectivity index is 1.61. The van der Waals surface area contributed by atoms with Crippen molar-refractivity contribution in [1.29, 1.82) is 0 Å². The molecule has 2 heterocycles. The highest BCUT2D eigenvalue weighted by molar-refractivity contribution is 6.54. The van der Waals surface area contributed by atoms with Crippen molar-refractivity contribution in [3.63, 3.8) is 0 Å². The van der Waals surface area contributed by atoms with Crippen LogP contribution in [0.4, 0.5) is 0 Å². The minimum Gasteiger partial charge on any atom is -0.463 e. The summed E-state index contributed by atoms with van der Waals surface area (Å²) in [5, 5.41) is 11.5. The number of likely N-dealkylation sites (tertiary alicyclic amines) is 1. The number of aliphatic hydroxyl groups is 1. The number of piperidine rings is 1. The molecule has 0 bridgehead atoms. The van der Waals surface area contributed by atoms with Crippen molar-refractivity contribution in [1.82, 2.24) is 4.90 Å². The molecule has 0 saturated carbocycles. The van der Waals surface area contributed by atoms with Gasteiger partial charge in [-0.3, -0.25) is 14.5 Å². The predicted molar refractivity (Wildman–Crippen MR) is 106 cm³/mol. The average Bonchev–Trinajstić information content (AvgIpc) is 3.11. The maximum Gasteiger partial charge on any atom is 0.237 e. The summed E-state index contributed by atoms with van der Waals surface area (Å²) in [6.07, 6.45) is 2.81. The number of hydrogen-bond acceptors (Lipinski definition) is 5. The van der Waals surface area contributed by atoms with E-state index in [1.54, 1.807) is 6.26 Å². The van der Waals surface area contributed by atoms with Gasteiger partial charge < -0.3 is 9.52 Å². The third-order valence-electron chi connectivity index (χ3n) is 6.00. The van der Waals surface area contributed by atoms with Crippen molar-refractivity contribution in [2.75, 3.05) is 13.1 Å². The zero-order valence-electron chi connectivity index (χ0n) is 15.7. The summed E-state index contributed by atoms with van der Waals surface area (Å²) in [5.74, 6) is -0.456. The molecule has 1 aromatic heterocycles. The molecule has 2 aliphatic rings. The number of Topliss-reactive ketones (excluding diaryl/α,β-unsaturated/α-hetero) is 2. The SMILES string of the molecule is Cc1cccc2c3c(ccc12)-c1occ(CN2CCC(O)CC2)c1C(=O)C3=O. The largest absolute Gasteiger partial charge is 0.463 e. The molecule has 1 aliphatic heterocycles. The fraction of sp³-hybridized carbons (Fsp3) is 0.304. The van der Waals surface area contributed by atoms with Crippen LogP contribution in [0.2, 0.25) is 0 Å². The summed E-state index contributed by atoms with van der Waals surface area (Å²) in [7, 11) is 0. The van der Waals surface area contributed by atoms with Crippen LogP contribution in [0.5, 0.6) is 0 Å². The smallest absolute Gasteiger partial charge is 0.237 e. The fourth-order valence-corrected chi connectivity index (χ4v) is 4.45. The topological polar surface area (TPSA) is 70.8 Å². The fourth-order valence-electron chi connectivity index (χ4n) is 4.45. The number of nitrogens with zero attached hydrogens (tertiary/aromatic N) is 1. The second kappa shape index (κ2) is 6.40. The summed E-state index contributed by atoms with van der Waals surface area (Å²) in [6, 6.07) is 9.67. The third-order valence-corrected chi connectivity index (χ3v) is 6.00. The Morgan fingerprint density at radius 2 is 1.79 bits per heavy atom. The maximum absolute atomic E-state index is 13.1. The highest BCUT2D eigenvalue weighted by Gasteiger charge is 2.37. The minimum absolute atomic E-state index is 0.249. The van der Waals surface area contributed by atoms with Crippen LogP contribution in [0.3, 0.4) is 0 Å². The Bertz CT molecular complexity index is 1120. The molecule has 5 nitrogen and oxygen atoms in total. The molecular formula is C23H21NO4. The number of rotatable bonds is 2. The summed E-state index contributed by atoms with van der Waals surface area (Å²) in [4.78, 5) is 28.3. The molecule has 5 rings (SSSR count). The molecule has 0 unspecified atom stereocenters. The lowest BCUT2D eigenvalue weighted by molar-refractivity contribution is 0.0779. The first kappa shape index (κ1) is 17.3. The number of aryl methyl sites for hydroxylation is 1. The molecule has 0 spiro atoms. The van der Waals surface area contributed by atoms with Gasteiger partial charge >= 0.3 is 0 Å². The van der Waals surface area contributed by atoms with Crippen LogP contribution in [0.1, 0.15) is 44.7 Å². The first-order valence-corrected chi connectivity index (χ1v) is 9.67. The first-order valence-electron chi connectivity index (χ1n) is 9.67. The molecular weight excluding hydrogens is 354 g/mol. The highest BCUT2D eigenvalue weighted by atomic mass is 16.3. The van der Waals surface area contributed by atoms with Crippen LogP contribution < -0.4 is 0 Å². The van der Waals surface area contributed by atoms with E-state index < -0.39 is 11.6 Å². The summed E-state index contributed by atoms with van der Waals surface area (Å²) >= 11 is 0. The average molecular weight is 375 g/mol. The summed E-state index contributed by atoms with van der Waals surface area (Å²) in [6.45, 7) is 4.08. The van der Waals surface area contributed by atoms with E-state index >= 15 is 0 Å². The normalized spacial score (nSPS) is 17.8. The Morgan fingerprint density at radius 1 is 1.04 bits per heavy atom. The standard InChI is InChI=1S/C23H21NO4/c1-13-3-2-4-17-16(13)5-6-18-20(17)22(27)21(26)19-14(12-28-23(18)19)11-24-9-7-15(25)8-10-24/h2-6,12,15,25H,7-11H2,1H3. The van der Waals surface area contributed by atoms with Gasteiger partial charge in [0.05, 0.1) is 17.9 Å². The molecule has 1 fully saturated rings. The van der Waals surface area contributed by atoms with Crippen molar-refractivity contribution in [3.05, 3.63) is 58.8 Å². The maximum atomic E-state index is 13.1. The quantitative estimate of drug-likeness (QED) is 0.691. The van der Waals surface area contributed by atoms with Gasteiger partial charge in [-0.05, 0) is 42.2 Å². The predicted octanol–water partition coefficient (Wildman–Crippen LogP) is 3.74. The van der Waals surface area contributed by atoms with Gasteiger partial charge in [0.2, 0.25) is 11.6 Å². The van der Waals surface area contributed by atoms with Gasteiger partial charge in [-0.1, -0.05) is 24.3 Å². The van der Waals surface area contributed by atoms with Gasteiger partial charge in [-0.25, -0.2) is 0 Å². The monoisotopic (exact) mass is 375 g/mol. The molecule has 0 amide bonds. The van der Waals surface area contributed by atoms with Crippen LogP contribution >= 0.6 is 0 Å². The Morgan fingerprint density at radius 3 is 2.57 bits per heavy atom. The molecule has 2 aromatic carbocycles. The lowest BCUT2D eigenvalue weighted by Crippen LogP contribution is -2.35. The molecule has 142 valence electrons. The molecule has 1 aliphatic carbocycles. The Hall–Kier alpha value is -2.76. The first-order chi connectivity index (χ1) is 13.5. The number of hydrogen-bond donors (Lipinski definition) is 1. The van der Waals surface area contributed by atoms with E-state index in [1.165, 1.54) is 0 Å². The van der Waals surface area contributed by atoms with E-state index in [0.29, 0.717) is 29.0 Å². The van der Waals surface area contributed by atoms with Gasteiger partial charge in [0.1, 0.15) is 5.76 Å². The number of carbonyl (C=O) groups is 2. The van der Waals surface area contributed by atoms with Crippen LogP contribution in [-0.2, 0) is 6.54 Å². The van der Waals surface area contributed by atoms with Gasteiger partial charge in [0.15, 0.2) is 0 Å². The van der Waals surface area contributed by atoms with Crippen molar-refractivity contribution in [2.45, 2.75) is 32.4 Å². The zero-order chi connectivity index (χ0) is 19.4. The minimum atomic E-state index is -0.489.